The number of hydrogen-bond donors (Lipinski definition) is 2. The molecule has 0 aliphatic carbocycles. The molecule has 0 bridgehead atoms. The number of H-pyrrole nitrogens is 1. The van der Waals surface area contributed by atoms with E-state index in [9.17, 15) is 9.18 Å². The number of carbonyl (C=O) groups excluding carboxylic acids is 1. The number of piperidine rings is 1. The van der Waals surface area contributed by atoms with Crippen molar-refractivity contribution in [3.05, 3.63) is 48.7 Å². The summed E-state index contributed by atoms with van der Waals surface area (Å²) in [5.74, 6) is 0.363. The fraction of sp³-hybridized carbons (Fsp3) is 0.370. The predicted octanol–water partition coefficient (Wildman–Crippen LogP) is 4.90. The second-order valence-corrected chi connectivity index (χ2v) is 9.32. The van der Waals surface area contributed by atoms with Gasteiger partial charge in [-0.2, -0.15) is 0 Å². The first-order valence-electron chi connectivity index (χ1n) is 12.7. The van der Waals surface area contributed by atoms with Gasteiger partial charge in [-0.25, -0.2) is 24.1 Å². The number of carbonyl (C=O) groups is 1. The van der Waals surface area contributed by atoms with Gasteiger partial charge >= 0.3 is 12.1 Å². The van der Waals surface area contributed by atoms with Gasteiger partial charge in [0.15, 0.2) is 0 Å². The second kappa shape index (κ2) is 11.5. The Hall–Kier alpha value is -4.12. The first-order valence-corrected chi connectivity index (χ1v) is 12.7. The molecule has 0 atom stereocenters. The van der Waals surface area contributed by atoms with Gasteiger partial charge in [-0.3, -0.25) is 10.3 Å². The number of halogens is 1. The number of rotatable bonds is 8. The number of hydrogen-bond acceptors (Lipinski definition) is 8. The minimum absolute atomic E-state index is 0.153. The van der Waals surface area contributed by atoms with Crippen molar-refractivity contribution in [2.75, 3.05) is 38.7 Å². The number of aromatic nitrogens is 5. The maximum atomic E-state index is 14.7. The molecular weight excluding hydrogens is 489 g/mol. The largest absolute Gasteiger partial charge is 0.463 e. The Morgan fingerprint density at radius 1 is 1.18 bits per heavy atom. The SMILES string of the molecule is CCOC(=O)Nc1nc2cc(-c3cnc(OCCC4CCN(C)CC4)nc3)cc(-c3ncccc3F)c2[nH]1. The van der Waals surface area contributed by atoms with E-state index < -0.39 is 11.9 Å². The molecule has 0 unspecified atom stereocenters. The summed E-state index contributed by atoms with van der Waals surface area (Å²) in [7, 11) is 2.15. The van der Waals surface area contributed by atoms with Crippen molar-refractivity contribution in [2.45, 2.75) is 26.2 Å². The molecule has 0 saturated carbocycles. The molecule has 1 aromatic carbocycles. The highest BCUT2D eigenvalue weighted by Crippen LogP contribution is 2.34. The van der Waals surface area contributed by atoms with Crippen LogP contribution >= 0.6 is 0 Å². The Bertz CT molecular complexity index is 1400. The van der Waals surface area contributed by atoms with Crippen molar-refractivity contribution in [3.8, 4) is 28.4 Å². The summed E-state index contributed by atoms with van der Waals surface area (Å²) in [6, 6.07) is 6.79. The molecule has 5 rings (SSSR count). The Kier molecular flexibility index (Phi) is 7.73. The Balaban J connectivity index is 1.38. The summed E-state index contributed by atoms with van der Waals surface area (Å²) in [5, 5.41) is 2.55. The smallest absolute Gasteiger partial charge is 0.413 e. The van der Waals surface area contributed by atoms with Crippen molar-refractivity contribution in [2.24, 2.45) is 5.92 Å². The van der Waals surface area contributed by atoms with Gasteiger partial charge in [-0.15, -0.1) is 0 Å². The molecule has 11 heteroatoms. The van der Waals surface area contributed by atoms with Crippen LogP contribution in [0.4, 0.5) is 15.1 Å². The molecule has 1 fully saturated rings. The predicted molar refractivity (Wildman–Crippen MR) is 141 cm³/mol. The van der Waals surface area contributed by atoms with E-state index in [0.717, 1.165) is 19.5 Å². The molecule has 198 valence electrons. The van der Waals surface area contributed by atoms with E-state index in [1.165, 1.54) is 31.2 Å². The third-order valence-electron chi connectivity index (χ3n) is 6.66. The van der Waals surface area contributed by atoms with Crippen molar-refractivity contribution in [3.63, 3.8) is 0 Å². The summed E-state index contributed by atoms with van der Waals surface area (Å²) < 4.78 is 25.5. The zero-order chi connectivity index (χ0) is 26.5. The normalized spacial score (nSPS) is 14.5. The van der Waals surface area contributed by atoms with Crippen LogP contribution in [0, 0.1) is 11.7 Å². The molecule has 10 nitrogen and oxygen atoms in total. The number of ether oxygens (including phenoxy) is 2. The quantitative estimate of drug-likeness (QED) is 0.338. The molecule has 2 N–H and O–H groups in total. The van der Waals surface area contributed by atoms with Crippen LogP contribution < -0.4 is 10.1 Å². The molecule has 1 aliphatic heterocycles. The van der Waals surface area contributed by atoms with Crippen LogP contribution in [0.2, 0.25) is 0 Å². The van der Waals surface area contributed by atoms with Gasteiger partial charge < -0.3 is 19.4 Å². The summed E-state index contributed by atoms with van der Waals surface area (Å²) in [4.78, 5) is 34.7. The van der Waals surface area contributed by atoms with Crippen LogP contribution in [0.15, 0.2) is 42.9 Å². The lowest BCUT2D eigenvalue weighted by Crippen LogP contribution is -2.30. The van der Waals surface area contributed by atoms with E-state index in [1.807, 2.05) is 6.07 Å². The van der Waals surface area contributed by atoms with Gasteiger partial charge in [0.05, 0.1) is 24.2 Å². The monoisotopic (exact) mass is 519 g/mol. The van der Waals surface area contributed by atoms with Crippen LogP contribution in [0.5, 0.6) is 6.01 Å². The van der Waals surface area contributed by atoms with Gasteiger partial charge in [0.25, 0.3) is 0 Å². The van der Waals surface area contributed by atoms with Crippen molar-refractivity contribution in [1.82, 2.24) is 29.8 Å². The summed E-state index contributed by atoms with van der Waals surface area (Å²) in [5.41, 5.74) is 3.08. The van der Waals surface area contributed by atoms with Crippen LogP contribution in [0.1, 0.15) is 26.2 Å². The van der Waals surface area contributed by atoms with Crippen molar-refractivity contribution in [1.29, 1.82) is 0 Å². The fourth-order valence-electron chi connectivity index (χ4n) is 4.58. The number of fused-ring (bicyclic) bond motifs is 1. The maximum Gasteiger partial charge on any atom is 0.413 e. The molecular formula is C27H30FN7O3. The first kappa shape index (κ1) is 25.5. The minimum Gasteiger partial charge on any atom is -0.463 e. The highest BCUT2D eigenvalue weighted by Gasteiger charge is 2.18. The van der Waals surface area contributed by atoms with Crippen molar-refractivity contribution >= 4 is 23.1 Å². The average Bonchev–Trinajstić information content (AvgIpc) is 3.32. The molecule has 1 saturated heterocycles. The first-order chi connectivity index (χ1) is 18.5. The molecule has 4 aromatic rings. The Morgan fingerprint density at radius 2 is 1.97 bits per heavy atom. The molecule has 0 radical (unpaired) electrons. The van der Waals surface area contributed by atoms with E-state index >= 15 is 0 Å². The third-order valence-corrected chi connectivity index (χ3v) is 6.66. The highest BCUT2D eigenvalue weighted by molar-refractivity contribution is 5.97. The number of pyridine rings is 1. The number of aromatic amines is 1. The Morgan fingerprint density at radius 3 is 2.71 bits per heavy atom. The molecule has 38 heavy (non-hydrogen) atoms. The number of imidazole rings is 1. The van der Waals surface area contributed by atoms with Crippen molar-refractivity contribution < 1.29 is 18.7 Å². The molecule has 1 amide bonds. The average molecular weight is 520 g/mol. The summed E-state index contributed by atoms with van der Waals surface area (Å²) in [6.45, 7) is 4.76. The van der Waals surface area contributed by atoms with Gasteiger partial charge in [-0.1, -0.05) is 0 Å². The van der Waals surface area contributed by atoms with E-state index in [1.54, 1.807) is 25.4 Å². The number of amides is 1. The van der Waals surface area contributed by atoms with Gasteiger partial charge in [-0.05, 0) is 82.1 Å². The lowest BCUT2D eigenvalue weighted by molar-refractivity contribution is 0.167. The fourth-order valence-corrected chi connectivity index (χ4v) is 4.58. The second-order valence-electron chi connectivity index (χ2n) is 9.32. The molecule has 4 heterocycles. The number of benzene rings is 1. The summed E-state index contributed by atoms with van der Waals surface area (Å²) in [6.07, 6.45) is 7.57. The maximum absolute atomic E-state index is 14.7. The number of nitrogens with zero attached hydrogens (tertiary/aromatic N) is 5. The molecule has 1 aliphatic rings. The van der Waals surface area contributed by atoms with Crippen LogP contribution in [-0.4, -0.2) is 69.3 Å². The topological polar surface area (TPSA) is 118 Å². The van der Waals surface area contributed by atoms with Gasteiger partial charge in [0.2, 0.25) is 5.95 Å². The van der Waals surface area contributed by atoms with E-state index in [0.29, 0.717) is 46.3 Å². The van der Waals surface area contributed by atoms with Gasteiger partial charge in [0.1, 0.15) is 11.5 Å². The minimum atomic E-state index is -0.642. The summed E-state index contributed by atoms with van der Waals surface area (Å²) >= 11 is 0. The lowest BCUT2D eigenvalue weighted by atomic mass is 9.94. The van der Waals surface area contributed by atoms with E-state index in [-0.39, 0.29) is 18.2 Å². The van der Waals surface area contributed by atoms with E-state index in [2.05, 4.69) is 42.2 Å². The zero-order valence-electron chi connectivity index (χ0n) is 21.4. The van der Waals surface area contributed by atoms with Gasteiger partial charge in [0, 0.05) is 29.7 Å². The third kappa shape index (κ3) is 5.88. The lowest BCUT2D eigenvalue weighted by Gasteiger charge is -2.28. The molecule has 0 spiro atoms. The number of likely N-dealkylation sites (tertiary alicyclic amines) is 1. The van der Waals surface area contributed by atoms with E-state index in [4.69, 9.17) is 9.47 Å². The van der Waals surface area contributed by atoms with Crippen LogP contribution in [0.25, 0.3) is 33.4 Å². The van der Waals surface area contributed by atoms with Crippen LogP contribution in [0.3, 0.4) is 0 Å². The standard InChI is InChI=1S/C27H30FN7O3/c1-3-37-27(36)34-25-32-22-14-18(13-20(24(22)33-25)23-21(28)5-4-9-29-23)19-15-30-26(31-16-19)38-12-8-17-6-10-35(2)11-7-17/h4-5,9,13-17H,3,6-8,10-12H2,1-2H3,(H2,32,33,34,36). The number of nitrogens with one attached hydrogen (secondary N) is 2. The highest BCUT2D eigenvalue weighted by atomic mass is 19.1. The molecule has 3 aromatic heterocycles. The van der Waals surface area contributed by atoms with Crippen LogP contribution in [-0.2, 0) is 4.74 Å². The zero-order valence-corrected chi connectivity index (χ0v) is 21.4. The Labute approximate surface area is 219 Å². The number of anilines is 1.